The fraction of sp³-hybridized carbons (Fsp3) is 0.158. The molecule has 0 heterocycles. The molecule has 0 spiro atoms. The number of nitrogens with zero attached hydrogens (tertiary/aromatic N) is 1. The third kappa shape index (κ3) is 6.34. The number of halogens is 3. The van der Waals surface area contributed by atoms with Gasteiger partial charge in [-0.15, -0.1) is 6.42 Å². The maximum atomic E-state index is 11.9. The number of hydrazone groups is 1. The Bertz CT molecular complexity index is 929. The SMILES string of the molecule is C#CCOc1c(Br)cc(/C=N/NC(=O)COc2ccc(Cl)cc2Cl)cc1OC. The molecule has 0 aromatic heterocycles. The molecule has 6 nitrogen and oxygen atoms in total. The van der Waals surface area contributed by atoms with E-state index in [2.05, 4.69) is 32.4 Å². The van der Waals surface area contributed by atoms with Crippen molar-refractivity contribution in [3.8, 4) is 29.6 Å². The van der Waals surface area contributed by atoms with Gasteiger partial charge in [0.1, 0.15) is 12.4 Å². The van der Waals surface area contributed by atoms with Crippen LogP contribution < -0.4 is 19.6 Å². The molecule has 1 N–H and O–H groups in total. The molecular formula is C19H15BrCl2N2O4. The maximum Gasteiger partial charge on any atom is 0.277 e. The number of rotatable bonds is 8. The molecule has 0 aliphatic heterocycles. The van der Waals surface area contributed by atoms with Crippen LogP contribution >= 0.6 is 39.1 Å². The second-order valence-corrected chi connectivity index (χ2v) is 6.88. The van der Waals surface area contributed by atoms with Crippen LogP contribution in [0, 0.1) is 12.3 Å². The molecule has 0 fully saturated rings. The summed E-state index contributed by atoms with van der Waals surface area (Å²) in [5.74, 6) is 3.23. The molecule has 0 atom stereocenters. The van der Waals surface area contributed by atoms with Gasteiger partial charge in [0.2, 0.25) is 0 Å². The molecule has 9 heteroatoms. The summed E-state index contributed by atoms with van der Waals surface area (Å²) in [5.41, 5.74) is 3.03. The Morgan fingerprint density at radius 2 is 2.07 bits per heavy atom. The zero-order valence-electron chi connectivity index (χ0n) is 14.7. The summed E-state index contributed by atoms with van der Waals surface area (Å²) in [7, 11) is 1.51. The Hall–Kier alpha value is -2.40. The van der Waals surface area contributed by atoms with Crippen molar-refractivity contribution in [1.29, 1.82) is 0 Å². The summed E-state index contributed by atoms with van der Waals surface area (Å²) in [6.45, 7) is -0.152. The fourth-order valence-corrected chi connectivity index (χ4v) is 3.05. The summed E-state index contributed by atoms with van der Waals surface area (Å²) in [6, 6.07) is 8.15. The van der Waals surface area contributed by atoms with E-state index in [1.165, 1.54) is 19.4 Å². The molecule has 0 aliphatic rings. The second-order valence-electron chi connectivity index (χ2n) is 5.18. The van der Waals surface area contributed by atoms with Crippen molar-refractivity contribution in [2.24, 2.45) is 5.10 Å². The zero-order chi connectivity index (χ0) is 20.5. The van der Waals surface area contributed by atoms with Crippen molar-refractivity contribution in [1.82, 2.24) is 5.43 Å². The molecule has 0 bridgehead atoms. The maximum absolute atomic E-state index is 11.9. The van der Waals surface area contributed by atoms with Crippen molar-refractivity contribution in [2.45, 2.75) is 0 Å². The van der Waals surface area contributed by atoms with Crippen LogP contribution in [0.15, 0.2) is 39.9 Å². The Balaban J connectivity index is 1.95. The van der Waals surface area contributed by atoms with Crippen LogP contribution in [0.25, 0.3) is 0 Å². The van der Waals surface area contributed by atoms with Gasteiger partial charge in [-0.25, -0.2) is 5.43 Å². The number of methoxy groups -OCH3 is 1. The van der Waals surface area contributed by atoms with Gasteiger partial charge in [0.05, 0.1) is 22.8 Å². The lowest BCUT2D eigenvalue weighted by molar-refractivity contribution is -0.123. The first-order chi connectivity index (χ1) is 13.4. The number of hydrogen-bond acceptors (Lipinski definition) is 5. The zero-order valence-corrected chi connectivity index (χ0v) is 17.8. The molecule has 2 rings (SSSR count). The van der Waals surface area contributed by atoms with Crippen molar-refractivity contribution in [3.05, 3.63) is 50.4 Å². The van der Waals surface area contributed by atoms with E-state index in [1.807, 2.05) is 0 Å². The van der Waals surface area contributed by atoms with Crippen LogP contribution in [0.5, 0.6) is 17.2 Å². The molecule has 2 aromatic carbocycles. The number of benzene rings is 2. The first-order valence-electron chi connectivity index (χ1n) is 7.78. The average molecular weight is 486 g/mol. The normalized spacial score (nSPS) is 10.4. The summed E-state index contributed by atoms with van der Waals surface area (Å²) >= 11 is 15.2. The summed E-state index contributed by atoms with van der Waals surface area (Å²) in [5, 5.41) is 4.68. The smallest absolute Gasteiger partial charge is 0.277 e. The van der Waals surface area contributed by atoms with Gasteiger partial charge < -0.3 is 14.2 Å². The molecule has 0 unspecified atom stereocenters. The lowest BCUT2D eigenvalue weighted by atomic mass is 10.2. The highest BCUT2D eigenvalue weighted by atomic mass is 79.9. The Morgan fingerprint density at radius 1 is 1.29 bits per heavy atom. The first-order valence-corrected chi connectivity index (χ1v) is 9.33. The Labute approximate surface area is 180 Å². The number of terminal acetylenes is 1. The summed E-state index contributed by atoms with van der Waals surface area (Å²) < 4.78 is 16.7. The molecule has 146 valence electrons. The Morgan fingerprint density at radius 3 is 2.75 bits per heavy atom. The predicted molar refractivity (Wildman–Crippen MR) is 113 cm³/mol. The highest BCUT2D eigenvalue weighted by Gasteiger charge is 2.11. The highest BCUT2D eigenvalue weighted by molar-refractivity contribution is 9.10. The number of carbonyl (C=O) groups excluding carboxylic acids is 1. The number of hydrogen-bond donors (Lipinski definition) is 1. The van der Waals surface area contributed by atoms with Gasteiger partial charge in [-0.05, 0) is 51.8 Å². The minimum absolute atomic E-state index is 0.107. The molecule has 0 saturated carbocycles. The summed E-state index contributed by atoms with van der Waals surface area (Å²) in [6.07, 6.45) is 6.65. The molecule has 1 amide bonds. The molecule has 0 saturated heterocycles. The van der Waals surface area contributed by atoms with Gasteiger partial charge >= 0.3 is 0 Å². The van der Waals surface area contributed by atoms with Crippen molar-refractivity contribution < 1.29 is 19.0 Å². The van der Waals surface area contributed by atoms with Crippen LogP contribution in [0.1, 0.15) is 5.56 Å². The van der Waals surface area contributed by atoms with E-state index in [0.29, 0.717) is 37.3 Å². The van der Waals surface area contributed by atoms with Crippen LogP contribution in [-0.4, -0.2) is 32.4 Å². The largest absolute Gasteiger partial charge is 0.493 e. The van der Waals surface area contributed by atoms with Gasteiger partial charge in [0, 0.05) is 5.02 Å². The van der Waals surface area contributed by atoms with Gasteiger partial charge in [-0.2, -0.15) is 5.10 Å². The molecule has 28 heavy (non-hydrogen) atoms. The highest BCUT2D eigenvalue weighted by Crippen LogP contribution is 2.36. The molecular weight excluding hydrogens is 471 g/mol. The minimum atomic E-state index is -0.456. The van der Waals surface area contributed by atoms with E-state index < -0.39 is 5.91 Å². The number of amides is 1. The van der Waals surface area contributed by atoms with Crippen LogP contribution in [0.3, 0.4) is 0 Å². The Kier molecular flexibility index (Phi) is 8.45. The van der Waals surface area contributed by atoms with Crippen LogP contribution in [-0.2, 0) is 4.79 Å². The topological polar surface area (TPSA) is 69.2 Å². The predicted octanol–water partition coefficient (Wildman–Crippen LogP) is 4.31. The molecule has 0 radical (unpaired) electrons. The number of ether oxygens (including phenoxy) is 3. The number of carbonyl (C=O) groups is 1. The van der Waals surface area contributed by atoms with Crippen molar-refractivity contribution in [3.63, 3.8) is 0 Å². The van der Waals surface area contributed by atoms with Gasteiger partial charge in [-0.3, -0.25) is 4.79 Å². The second kappa shape index (κ2) is 10.8. The molecule has 0 aliphatic carbocycles. The van der Waals surface area contributed by atoms with E-state index in [9.17, 15) is 4.79 Å². The van der Waals surface area contributed by atoms with E-state index in [0.717, 1.165) is 0 Å². The lowest BCUT2D eigenvalue weighted by Crippen LogP contribution is -2.24. The quantitative estimate of drug-likeness (QED) is 0.343. The van der Waals surface area contributed by atoms with E-state index in [-0.39, 0.29) is 13.2 Å². The van der Waals surface area contributed by atoms with E-state index >= 15 is 0 Å². The van der Waals surface area contributed by atoms with E-state index in [4.69, 9.17) is 43.8 Å². The van der Waals surface area contributed by atoms with Gasteiger partial charge in [0.25, 0.3) is 5.91 Å². The van der Waals surface area contributed by atoms with Crippen LogP contribution in [0.4, 0.5) is 0 Å². The lowest BCUT2D eigenvalue weighted by Gasteiger charge is -2.11. The monoisotopic (exact) mass is 484 g/mol. The third-order valence-electron chi connectivity index (χ3n) is 3.21. The average Bonchev–Trinajstić information content (AvgIpc) is 2.66. The standard InChI is InChI=1S/C19H15BrCl2N2O4/c1-3-6-27-19-14(20)7-12(8-17(19)26-2)10-23-24-18(25)11-28-16-5-4-13(21)9-15(16)22/h1,4-5,7-10H,6,11H2,2H3,(H,24,25)/b23-10+. The van der Waals surface area contributed by atoms with Gasteiger partial charge in [-0.1, -0.05) is 29.1 Å². The van der Waals surface area contributed by atoms with Crippen LogP contribution in [0.2, 0.25) is 10.0 Å². The first kappa shape index (κ1) is 21.9. The van der Waals surface area contributed by atoms with Crippen molar-refractivity contribution in [2.75, 3.05) is 20.3 Å². The minimum Gasteiger partial charge on any atom is -0.493 e. The van der Waals surface area contributed by atoms with Crippen molar-refractivity contribution >= 4 is 51.3 Å². The third-order valence-corrected chi connectivity index (χ3v) is 4.33. The molecule has 2 aromatic rings. The van der Waals surface area contributed by atoms with E-state index in [1.54, 1.807) is 24.3 Å². The van der Waals surface area contributed by atoms with Gasteiger partial charge in [0.15, 0.2) is 18.1 Å². The fourth-order valence-electron chi connectivity index (χ4n) is 2.01. The summed E-state index contributed by atoms with van der Waals surface area (Å²) in [4.78, 5) is 11.9. The number of nitrogens with one attached hydrogen (secondary N) is 1.